The van der Waals surface area contributed by atoms with Gasteiger partial charge in [0.15, 0.2) is 0 Å². The van der Waals surface area contributed by atoms with Crippen molar-refractivity contribution < 1.29 is 14.4 Å². The third-order valence-electron chi connectivity index (χ3n) is 1.72. The van der Waals surface area contributed by atoms with E-state index in [1.807, 2.05) is 0 Å². The van der Waals surface area contributed by atoms with Crippen molar-refractivity contribution in [3.63, 3.8) is 0 Å². The Labute approximate surface area is 97.6 Å². The van der Waals surface area contributed by atoms with Crippen molar-refractivity contribution >= 4 is 51.1 Å². The summed E-state index contributed by atoms with van der Waals surface area (Å²) in [7, 11) is -1.77. The Morgan fingerprint density at radius 2 is 2.08 bits per heavy atom. The van der Waals surface area contributed by atoms with Crippen LogP contribution in [0.3, 0.4) is 0 Å². The molecule has 0 aliphatic carbocycles. The molecule has 0 aliphatic heterocycles. The highest BCUT2D eigenvalue weighted by Gasteiger charge is 2.22. The van der Waals surface area contributed by atoms with Gasteiger partial charge in [-0.05, 0) is 41.1 Å². The molecule has 0 saturated carbocycles. The smallest absolute Gasteiger partial charge is 0.423 e. The van der Waals surface area contributed by atoms with Gasteiger partial charge in [-0.15, -0.1) is 0 Å². The predicted molar refractivity (Wildman–Crippen MR) is 61.4 cm³/mol. The van der Waals surface area contributed by atoms with Gasteiger partial charge in [-0.2, -0.15) is 0 Å². The molecule has 0 saturated heterocycles. The summed E-state index contributed by atoms with van der Waals surface area (Å²) in [6.45, 7) is 1.62. The molecule has 0 aromatic heterocycles. The van der Waals surface area contributed by atoms with Gasteiger partial charge in [0.1, 0.15) is 5.82 Å². The van der Waals surface area contributed by atoms with E-state index in [2.05, 4.69) is 15.9 Å². The highest BCUT2D eigenvalue weighted by atomic mass is 127. The zero-order valence-electron chi connectivity index (χ0n) is 6.68. The lowest BCUT2D eigenvalue weighted by Gasteiger charge is -2.09. The van der Waals surface area contributed by atoms with Gasteiger partial charge in [-0.1, -0.05) is 15.9 Å². The SMILES string of the molecule is Cc1c(Br)cc(I)c(F)c1B(O)O. The topological polar surface area (TPSA) is 40.5 Å². The van der Waals surface area contributed by atoms with Gasteiger partial charge in [0.2, 0.25) is 0 Å². The first-order valence-electron chi connectivity index (χ1n) is 3.45. The van der Waals surface area contributed by atoms with E-state index < -0.39 is 12.9 Å². The van der Waals surface area contributed by atoms with Crippen LogP contribution in [-0.2, 0) is 0 Å². The molecule has 70 valence electrons. The molecule has 1 rings (SSSR count). The normalized spacial score (nSPS) is 10.3. The van der Waals surface area contributed by atoms with Crippen LogP contribution in [0.15, 0.2) is 10.5 Å². The number of hydrogen-bond donors (Lipinski definition) is 2. The van der Waals surface area contributed by atoms with Crippen molar-refractivity contribution in [2.75, 3.05) is 0 Å². The summed E-state index contributed by atoms with van der Waals surface area (Å²) >= 11 is 5.00. The van der Waals surface area contributed by atoms with Crippen LogP contribution >= 0.6 is 38.5 Å². The van der Waals surface area contributed by atoms with Crippen LogP contribution in [0.4, 0.5) is 4.39 Å². The van der Waals surface area contributed by atoms with E-state index in [4.69, 9.17) is 10.0 Å². The quantitative estimate of drug-likeness (QED) is 0.450. The van der Waals surface area contributed by atoms with Gasteiger partial charge in [0.05, 0.1) is 0 Å². The molecule has 13 heavy (non-hydrogen) atoms. The van der Waals surface area contributed by atoms with Gasteiger partial charge in [-0.3, -0.25) is 0 Å². The summed E-state index contributed by atoms with van der Waals surface area (Å²) in [5.41, 5.74) is 0.437. The first-order chi connectivity index (χ1) is 5.95. The average Bonchev–Trinajstić information content (AvgIpc) is 2.01. The van der Waals surface area contributed by atoms with Crippen LogP contribution in [-0.4, -0.2) is 17.2 Å². The number of hydrogen-bond acceptors (Lipinski definition) is 2. The third-order valence-corrected chi connectivity index (χ3v) is 3.33. The fraction of sp³-hybridized carbons (Fsp3) is 0.143. The third kappa shape index (κ3) is 2.23. The van der Waals surface area contributed by atoms with Gasteiger partial charge in [0.25, 0.3) is 0 Å². The van der Waals surface area contributed by atoms with Crippen LogP contribution in [0.5, 0.6) is 0 Å². The van der Waals surface area contributed by atoms with Crippen LogP contribution in [0.2, 0.25) is 0 Å². The molecule has 0 bridgehead atoms. The fourth-order valence-corrected chi connectivity index (χ4v) is 2.48. The second kappa shape index (κ2) is 4.25. The van der Waals surface area contributed by atoms with Gasteiger partial charge < -0.3 is 10.0 Å². The standard InChI is InChI=1S/C7H6BBrFIO2/c1-3-4(9)2-5(11)7(10)6(3)8(12)13/h2,12-13H,1H3. The lowest BCUT2D eigenvalue weighted by molar-refractivity contribution is 0.422. The number of rotatable bonds is 1. The van der Waals surface area contributed by atoms with Crippen LogP contribution in [0, 0.1) is 16.3 Å². The van der Waals surface area contributed by atoms with Crippen LogP contribution in [0.25, 0.3) is 0 Å². The highest BCUT2D eigenvalue weighted by molar-refractivity contribution is 14.1. The van der Waals surface area contributed by atoms with E-state index in [1.165, 1.54) is 0 Å². The van der Waals surface area contributed by atoms with Gasteiger partial charge in [0, 0.05) is 13.5 Å². The average molecular weight is 359 g/mol. The summed E-state index contributed by atoms with van der Waals surface area (Å²) in [5.74, 6) is -0.573. The maximum absolute atomic E-state index is 13.3. The zero-order valence-corrected chi connectivity index (χ0v) is 10.4. The summed E-state index contributed by atoms with van der Waals surface area (Å²) in [4.78, 5) is 0. The van der Waals surface area contributed by atoms with Crippen molar-refractivity contribution in [2.24, 2.45) is 0 Å². The summed E-state index contributed by atoms with van der Waals surface area (Å²) < 4.78 is 14.4. The molecule has 2 nitrogen and oxygen atoms in total. The minimum absolute atomic E-state index is 0.0706. The number of halogens is 3. The molecule has 0 radical (unpaired) electrons. The van der Waals surface area contributed by atoms with Crippen molar-refractivity contribution in [1.29, 1.82) is 0 Å². The molecular weight excluding hydrogens is 353 g/mol. The van der Waals surface area contributed by atoms with Crippen LogP contribution < -0.4 is 5.46 Å². The highest BCUT2D eigenvalue weighted by Crippen LogP contribution is 2.20. The maximum Gasteiger partial charge on any atom is 0.491 e. The van der Waals surface area contributed by atoms with Crippen molar-refractivity contribution in [3.05, 3.63) is 25.5 Å². The first kappa shape index (κ1) is 11.4. The zero-order chi connectivity index (χ0) is 10.2. The molecule has 0 amide bonds. The van der Waals surface area contributed by atoms with Gasteiger partial charge >= 0.3 is 7.12 Å². The molecule has 0 spiro atoms. The monoisotopic (exact) mass is 358 g/mol. The Morgan fingerprint density at radius 3 is 2.54 bits per heavy atom. The van der Waals surface area contributed by atoms with Crippen molar-refractivity contribution in [2.45, 2.75) is 6.92 Å². The second-order valence-electron chi connectivity index (χ2n) is 2.57. The molecular formula is C7H6BBrFIO2. The summed E-state index contributed by atoms with van der Waals surface area (Å²) in [5, 5.41) is 17.9. The van der Waals surface area contributed by atoms with Crippen molar-refractivity contribution in [3.8, 4) is 0 Å². The Kier molecular flexibility index (Phi) is 3.73. The van der Waals surface area contributed by atoms with Gasteiger partial charge in [-0.25, -0.2) is 4.39 Å². The molecule has 0 aliphatic rings. The van der Waals surface area contributed by atoms with E-state index >= 15 is 0 Å². The van der Waals surface area contributed by atoms with E-state index in [0.29, 0.717) is 13.6 Å². The lowest BCUT2D eigenvalue weighted by Crippen LogP contribution is -2.36. The molecule has 0 fully saturated rings. The summed E-state index contributed by atoms with van der Waals surface area (Å²) in [6, 6.07) is 1.59. The van der Waals surface area contributed by atoms with Crippen LogP contribution in [0.1, 0.15) is 5.56 Å². The predicted octanol–water partition coefficient (Wildman–Crippen LogP) is 1.18. The molecule has 1 aromatic rings. The second-order valence-corrected chi connectivity index (χ2v) is 4.58. The molecule has 0 heterocycles. The Hall–Kier alpha value is 0.345. The van der Waals surface area contributed by atoms with E-state index in [-0.39, 0.29) is 5.46 Å². The first-order valence-corrected chi connectivity index (χ1v) is 5.32. The minimum atomic E-state index is -1.77. The molecule has 1 aromatic carbocycles. The molecule has 0 atom stereocenters. The molecule has 0 unspecified atom stereocenters. The van der Waals surface area contributed by atoms with Crippen molar-refractivity contribution in [1.82, 2.24) is 0 Å². The fourth-order valence-electron chi connectivity index (χ4n) is 1.01. The van der Waals surface area contributed by atoms with E-state index in [1.54, 1.807) is 35.6 Å². The number of benzene rings is 1. The Morgan fingerprint density at radius 1 is 1.54 bits per heavy atom. The maximum atomic E-state index is 13.3. The largest absolute Gasteiger partial charge is 0.491 e. The van der Waals surface area contributed by atoms with E-state index in [9.17, 15) is 4.39 Å². The Balaban J connectivity index is 3.46. The van der Waals surface area contributed by atoms with E-state index in [0.717, 1.165) is 0 Å². The molecule has 2 N–H and O–H groups in total. The lowest BCUT2D eigenvalue weighted by atomic mass is 9.77. The molecule has 6 heteroatoms. The Bertz CT molecular complexity index is 320. The minimum Gasteiger partial charge on any atom is -0.423 e. The summed E-state index contributed by atoms with van der Waals surface area (Å²) in [6.07, 6.45) is 0.